The van der Waals surface area contributed by atoms with Gasteiger partial charge in [-0.15, -0.1) is 0 Å². The van der Waals surface area contributed by atoms with Gasteiger partial charge in [0.1, 0.15) is 5.52 Å². The van der Waals surface area contributed by atoms with Gasteiger partial charge in [-0.1, -0.05) is 12.1 Å². The van der Waals surface area contributed by atoms with E-state index in [1.807, 2.05) is 24.3 Å². The van der Waals surface area contributed by atoms with Gasteiger partial charge in [-0.25, -0.2) is 4.98 Å². The third-order valence-corrected chi connectivity index (χ3v) is 4.16. The summed E-state index contributed by atoms with van der Waals surface area (Å²) in [5.41, 5.74) is 3.01. The molecule has 0 radical (unpaired) electrons. The van der Waals surface area contributed by atoms with E-state index < -0.39 is 4.92 Å². The second kappa shape index (κ2) is 7.28. The number of rotatable bonds is 5. The van der Waals surface area contributed by atoms with Gasteiger partial charge in [-0.3, -0.25) is 19.9 Å². The van der Waals surface area contributed by atoms with Crippen molar-refractivity contribution in [2.75, 3.05) is 0 Å². The molecule has 2 aromatic heterocycles. The van der Waals surface area contributed by atoms with Crippen molar-refractivity contribution in [2.24, 2.45) is 0 Å². The first-order chi connectivity index (χ1) is 13.6. The predicted molar refractivity (Wildman–Crippen MR) is 102 cm³/mol. The predicted octanol–water partition coefficient (Wildman–Crippen LogP) is 3.73. The zero-order chi connectivity index (χ0) is 19.5. The van der Waals surface area contributed by atoms with Crippen LogP contribution < -0.4 is 5.32 Å². The van der Waals surface area contributed by atoms with Crippen molar-refractivity contribution in [3.05, 3.63) is 88.2 Å². The first-order valence-electron chi connectivity index (χ1n) is 8.43. The Bertz CT molecular complexity index is 1150. The Hall–Kier alpha value is -4.07. The van der Waals surface area contributed by atoms with Crippen LogP contribution in [0.3, 0.4) is 0 Å². The van der Waals surface area contributed by atoms with Gasteiger partial charge in [-0.05, 0) is 35.9 Å². The molecule has 0 atom stereocenters. The summed E-state index contributed by atoms with van der Waals surface area (Å²) in [4.78, 5) is 30.7. The molecule has 2 heterocycles. The first-order valence-corrected chi connectivity index (χ1v) is 8.43. The summed E-state index contributed by atoms with van der Waals surface area (Å²) in [5.74, 6) is 0.180. The van der Waals surface area contributed by atoms with Gasteiger partial charge in [0.25, 0.3) is 11.6 Å². The molecule has 4 rings (SSSR count). The van der Waals surface area contributed by atoms with E-state index in [9.17, 15) is 14.9 Å². The minimum absolute atomic E-state index is 0.0464. The van der Waals surface area contributed by atoms with E-state index in [0.717, 1.165) is 11.1 Å². The molecular weight excluding hydrogens is 360 g/mol. The van der Waals surface area contributed by atoms with Crippen molar-refractivity contribution in [1.29, 1.82) is 0 Å². The molecule has 0 saturated carbocycles. The number of nitrogens with one attached hydrogen (secondary N) is 1. The molecule has 0 spiro atoms. The molecular formula is C20H14N4O4. The molecule has 8 nitrogen and oxygen atoms in total. The molecule has 8 heteroatoms. The molecule has 2 aromatic carbocycles. The topological polar surface area (TPSA) is 111 Å². The summed E-state index contributed by atoms with van der Waals surface area (Å²) in [6.07, 6.45) is 3.12. The molecule has 0 aliphatic heterocycles. The fraction of sp³-hybridized carbons (Fsp3) is 0.0500. The van der Waals surface area contributed by atoms with E-state index in [2.05, 4.69) is 15.3 Å². The van der Waals surface area contributed by atoms with Crippen LogP contribution in [-0.2, 0) is 6.54 Å². The second-order valence-corrected chi connectivity index (χ2v) is 6.05. The number of oxazole rings is 1. The number of hydrogen-bond donors (Lipinski definition) is 1. The lowest BCUT2D eigenvalue weighted by Crippen LogP contribution is -2.22. The minimum atomic E-state index is -0.476. The lowest BCUT2D eigenvalue weighted by atomic mass is 10.1. The second-order valence-electron chi connectivity index (χ2n) is 6.05. The van der Waals surface area contributed by atoms with Gasteiger partial charge in [0.2, 0.25) is 5.89 Å². The van der Waals surface area contributed by atoms with Crippen LogP contribution >= 0.6 is 0 Å². The van der Waals surface area contributed by atoms with Crippen molar-refractivity contribution >= 4 is 22.7 Å². The maximum Gasteiger partial charge on any atom is 0.273 e. The number of carbonyl (C=O) groups excluding carboxylic acids is 1. The van der Waals surface area contributed by atoms with E-state index in [1.165, 1.54) is 18.3 Å². The number of carbonyl (C=O) groups is 1. The SMILES string of the molecule is O=C(NCc1ccc(-c2nc3ccc([N+](=O)[O-])cc3o2)cc1)c1cccnc1. The normalized spacial score (nSPS) is 10.7. The highest BCUT2D eigenvalue weighted by molar-refractivity contribution is 5.93. The summed E-state index contributed by atoms with van der Waals surface area (Å²) in [6, 6.07) is 15.1. The molecule has 0 aliphatic rings. The number of benzene rings is 2. The fourth-order valence-corrected chi connectivity index (χ4v) is 2.70. The highest BCUT2D eigenvalue weighted by Gasteiger charge is 2.13. The Morgan fingerprint density at radius 1 is 1.14 bits per heavy atom. The van der Waals surface area contributed by atoms with Gasteiger partial charge in [0, 0.05) is 30.6 Å². The summed E-state index contributed by atoms with van der Waals surface area (Å²) in [7, 11) is 0. The number of nitro groups is 1. The molecule has 1 amide bonds. The van der Waals surface area contributed by atoms with Gasteiger partial charge in [-0.2, -0.15) is 0 Å². The Kier molecular flexibility index (Phi) is 4.51. The largest absolute Gasteiger partial charge is 0.436 e. The minimum Gasteiger partial charge on any atom is -0.436 e. The Morgan fingerprint density at radius 3 is 2.68 bits per heavy atom. The zero-order valence-electron chi connectivity index (χ0n) is 14.5. The van der Waals surface area contributed by atoms with Crippen molar-refractivity contribution in [3.8, 4) is 11.5 Å². The van der Waals surface area contributed by atoms with Crippen LogP contribution in [0.15, 0.2) is 71.4 Å². The molecule has 1 N–H and O–H groups in total. The van der Waals surface area contributed by atoms with Gasteiger partial charge < -0.3 is 9.73 Å². The van der Waals surface area contributed by atoms with Crippen LogP contribution in [0, 0.1) is 10.1 Å². The van der Waals surface area contributed by atoms with Gasteiger partial charge >= 0.3 is 0 Å². The number of pyridine rings is 1. The third-order valence-electron chi connectivity index (χ3n) is 4.16. The van der Waals surface area contributed by atoms with Gasteiger partial charge in [0.05, 0.1) is 16.6 Å². The van der Waals surface area contributed by atoms with Crippen LogP contribution in [0.25, 0.3) is 22.6 Å². The average molecular weight is 374 g/mol. The number of aromatic nitrogens is 2. The Labute approximate surface area is 159 Å². The summed E-state index contributed by atoms with van der Waals surface area (Å²) in [6.45, 7) is 0.369. The maximum absolute atomic E-state index is 12.1. The number of hydrogen-bond acceptors (Lipinski definition) is 6. The summed E-state index contributed by atoms with van der Waals surface area (Å²) >= 11 is 0. The zero-order valence-corrected chi connectivity index (χ0v) is 14.5. The lowest BCUT2D eigenvalue weighted by molar-refractivity contribution is -0.384. The molecule has 0 bridgehead atoms. The Morgan fingerprint density at radius 2 is 1.96 bits per heavy atom. The van der Waals surface area contributed by atoms with Crippen LogP contribution in [0.4, 0.5) is 5.69 Å². The van der Waals surface area contributed by atoms with E-state index in [1.54, 1.807) is 24.4 Å². The lowest BCUT2D eigenvalue weighted by Gasteiger charge is -2.05. The highest BCUT2D eigenvalue weighted by Crippen LogP contribution is 2.27. The average Bonchev–Trinajstić information content (AvgIpc) is 3.16. The van der Waals surface area contributed by atoms with Crippen molar-refractivity contribution < 1.29 is 14.1 Å². The number of non-ortho nitro benzene ring substituents is 1. The van der Waals surface area contributed by atoms with Crippen molar-refractivity contribution in [3.63, 3.8) is 0 Å². The standard InChI is InChI=1S/C20H14N4O4/c25-19(15-2-1-9-21-12-15)22-11-13-3-5-14(6-4-13)20-23-17-8-7-16(24(26)27)10-18(17)28-20/h1-10,12H,11H2,(H,22,25). The maximum atomic E-state index is 12.1. The molecule has 138 valence electrons. The summed E-state index contributed by atoms with van der Waals surface area (Å²) < 4.78 is 5.65. The molecule has 4 aromatic rings. The first kappa shape index (κ1) is 17.3. The number of nitro benzene ring substituents is 1. The third kappa shape index (κ3) is 3.56. The molecule has 0 saturated heterocycles. The van der Waals surface area contributed by atoms with E-state index >= 15 is 0 Å². The number of amides is 1. The van der Waals surface area contributed by atoms with Crippen LogP contribution in [0.1, 0.15) is 15.9 Å². The monoisotopic (exact) mass is 374 g/mol. The number of fused-ring (bicyclic) bond motifs is 1. The van der Waals surface area contributed by atoms with Crippen LogP contribution in [0.2, 0.25) is 0 Å². The van der Waals surface area contributed by atoms with E-state index in [-0.39, 0.29) is 11.6 Å². The Balaban J connectivity index is 1.48. The fourth-order valence-electron chi connectivity index (χ4n) is 2.70. The van der Waals surface area contributed by atoms with Gasteiger partial charge in [0.15, 0.2) is 5.58 Å². The molecule has 0 unspecified atom stereocenters. The smallest absolute Gasteiger partial charge is 0.273 e. The summed E-state index contributed by atoms with van der Waals surface area (Å²) in [5, 5.41) is 13.7. The van der Waals surface area contributed by atoms with Crippen LogP contribution in [0.5, 0.6) is 0 Å². The van der Waals surface area contributed by atoms with E-state index in [0.29, 0.717) is 29.1 Å². The molecule has 0 aliphatic carbocycles. The van der Waals surface area contributed by atoms with Crippen LogP contribution in [-0.4, -0.2) is 20.8 Å². The molecule has 0 fully saturated rings. The number of nitrogens with zero attached hydrogens (tertiary/aromatic N) is 3. The van der Waals surface area contributed by atoms with E-state index in [4.69, 9.17) is 4.42 Å². The molecule has 28 heavy (non-hydrogen) atoms. The van der Waals surface area contributed by atoms with Crippen molar-refractivity contribution in [1.82, 2.24) is 15.3 Å². The quantitative estimate of drug-likeness (QED) is 0.421. The highest BCUT2D eigenvalue weighted by atomic mass is 16.6. The van der Waals surface area contributed by atoms with Crippen molar-refractivity contribution in [2.45, 2.75) is 6.54 Å².